The van der Waals surface area contributed by atoms with E-state index in [2.05, 4.69) is 12.6 Å². The highest BCUT2D eigenvalue weighted by Gasteiger charge is 2.12. The highest BCUT2D eigenvalue weighted by Crippen LogP contribution is 2.13. The number of ether oxygens (including phenoxy) is 1. The van der Waals surface area contributed by atoms with Gasteiger partial charge in [0.2, 0.25) is 0 Å². The Bertz CT molecular complexity index is 728. The van der Waals surface area contributed by atoms with Gasteiger partial charge in [0.25, 0.3) is 0 Å². The Morgan fingerprint density at radius 3 is 1.93 bits per heavy atom. The molecule has 0 bridgehead atoms. The number of benzene rings is 2. The number of carbonyl (C=O) groups is 2. The average Bonchev–Trinajstić information content (AvgIpc) is 2.75. The van der Waals surface area contributed by atoms with Crippen LogP contribution in [0, 0.1) is 0 Å². The monoisotopic (exact) mass is 398 g/mol. The van der Waals surface area contributed by atoms with E-state index in [1.165, 1.54) is 38.5 Å². The van der Waals surface area contributed by atoms with Crippen LogP contribution in [0.1, 0.15) is 77.6 Å². The Balaban J connectivity index is 1.69. The lowest BCUT2D eigenvalue weighted by atomic mass is 10.0. The minimum atomic E-state index is -0.366. The van der Waals surface area contributed by atoms with Gasteiger partial charge in [-0.05, 0) is 30.7 Å². The molecule has 0 fully saturated rings. The van der Waals surface area contributed by atoms with E-state index in [1.54, 1.807) is 36.4 Å². The minimum Gasteiger partial charge on any atom is -0.462 e. The molecule has 0 aliphatic carbocycles. The van der Waals surface area contributed by atoms with E-state index in [0.717, 1.165) is 18.6 Å². The largest absolute Gasteiger partial charge is 0.462 e. The van der Waals surface area contributed by atoms with Crippen LogP contribution in [0.4, 0.5) is 0 Å². The molecule has 0 saturated heterocycles. The normalized spacial score (nSPS) is 10.6. The van der Waals surface area contributed by atoms with Crippen LogP contribution in [0.3, 0.4) is 0 Å². The van der Waals surface area contributed by atoms with Gasteiger partial charge in [0.15, 0.2) is 5.78 Å². The van der Waals surface area contributed by atoms with Crippen molar-refractivity contribution in [2.75, 3.05) is 12.4 Å². The highest BCUT2D eigenvalue weighted by atomic mass is 32.1. The van der Waals surface area contributed by atoms with Gasteiger partial charge >= 0.3 is 5.97 Å². The van der Waals surface area contributed by atoms with Crippen molar-refractivity contribution >= 4 is 24.4 Å². The zero-order chi connectivity index (χ0) is 20.0. The summed E-state index contributed by atoms with van der Waals surface area (Å²) in [5, 5.41) is 0. The van der Waals surface area contributed by atoms with E-state index >= 15 is 0 Å². The van der Waals surface area contributed by atoms with Crippen molar-refractivity contribution in [2.24, 2.45) is 0 Å². The standard InChI is InChI=1S/C24H30O3S/c25-23(20-13-8-7-9-14-20)21-15-12-16-22(19-21)24(26)27-17-10-5-3-1-2-4-6-11-18-28/h7-9,12-16,19,28H,1-6,10-11,17-18H2. The number of ketones is 1. The van der Waals surface area contributed by atoms with Gasteiger partial charge in [-0.2, -0.15) is 12.6 Å². The SMILES string of the molecule is O=C(OCCCCCCCCCCS)c1cccc(C(=O)c2ccccc2)c1. The van der Waals surface area contributed by atoms with Crippen molar-refractivity contribution in [2.45, 2.75) is 51.4 Å². The molecule has 0 N–H and O–H groups in total. The van der Waals surface area contributed by atoms with Gasteiger partial charge in [0.1, 0.15) is 0 Å². The lowest BCUT2D eigenvalue weighted by Gasteiger charge is -2.07. The highest BCUT2D eigenvalue weighted by molar-refractivity contribution is 7.80. The Labute approximate surface area is 173 Å². The second-order valence-electron chi connectivity index (χ2n) is 6.96. The summed E-state index contributed by atoms with van der Waals surface area (Å²) >= 11 is 4.22. The first-order chi connectivity index (χ1) is 13.7. The fourth-order valence-corrected chi connectivity index (χ4v) is 3.29. The zero-order valence-corrected chi connectivity index (χ0v) is 17.3. The van der Waals surface area contributed by atoms with Crippen LogP contribution in [-0.2, 0) is 4.74 Å². The van der Waals surface area contributed by atoms with Crippen LogP contribution in [0.5, 0.6) is 0 Å². The molecule has 0 amide bonds. The van der Waals surface area contributed by atoms with Gasteiger partial charge in [0, 0.05) is 11.1 Å². The Morgan fingerprint density at radius 2 is 1.25 bits per heavy atom. The van der Waals surface area contributed by atoms with Crippen molar-refractivity contribution in [3.8, 4) is 0 Å². The van der Waals surface area contributed by atoms with E-state index < -0.39 is 0 Å². The van der Waals surface area contributed by atoms with Crippen LogP contribution in [0.2, 0.25) is 0 Å². The van der Waals surface area contributed by atoms with E-state index in [9.17, 15) is 9.59 Å². The predicted molar refractivity (Wildman–Crippen MR) is 117 cm³/mol. The summed E-state index contributed by atoms with van der Waals surface area (Å²) < 4.78 is 5.37. The zero-order valence-electron chi connectivity index (χ0n) is 16.4. The van der Waals surface area contributed by atoms with Crippen molar-refractivity contribution < 1.29 is 14.3 Å². The van der Waals surface area contributed by atoms with Crippen molar-refractivity contribution in [1.82, 2.24) is 0 Å². The van der Waals surface area contributed by atoms with Gasteiger partial charge in [0.05, 0.1) is 12.2 Å². The molecule has 0 unspecified atom stereocenters. The van der Waals surface area contributed by atoms with Gasteiger partial charge in [-0.15, -0.1) is 0 Å². The third kappa shape index (κ3) is 7.89. The summed E-state index contributed by atoms with van der Waals surface area (Å²) in [5.74, 6) is 0.522. The summed E-state index contributed by atoms with van der Waals surface area (Å²) in [4.78, 5) is 24.8. The Morgan fingerprint density at radius 1 is 0.679 bits per heavy atom. The number of thiol groups is 1. The third-order valence-corrected chi connectivity index (χ3v) is 5.00. The third-order valence-electron chi connectivity index (χ3n) is 4.68. The molecule has 0 saturated carbocycles. The Hall–Kier alpha value is -2.07. The van der Waals surface area contributed by atoms with E-state index in [0.29, 0.717) is 23.3 Å². The first-order valence-electron chi connectivity index (χ1n) is 10.2. The molecule has 0 aliphatic heterocycles. The van der Waals surface area contributed by atoms with E-state index in [4.69, 9.17) is 4.74 Å². The van der Waals surface area contributed by atoms with Crippen LogP contribution in [0.25, 0.3) is 0 Å². The fourth-order valence-electron chi connectivity index (χ4n) is 3.07. The fraction of sp³-hybridized carbons (Fsp3) is 0.417. The maximum atomic E-state index is 12.5. The molecule has 0 aliphatic rings. The molecule has 150 valence electrons. The van der Waals surface area contributed by atoms with Crippen molar-refractivity contribution in [3.63, 3.8) is 0 Å². The molecule has 2 aromatic carbocycles. The second-order valence-corrected chi connectivity index (χ2v) is 7.41. The average molecular weight is 399 g/mol. The molecule has 4 heteroatoms. The summed E-state index contributed by atoms with van der Waals surface area (Å²) in [6, 6.07) is 15.8. The molecule has 3 nitrogen and oxygen atoms in total. The van der Waals surface area contributed by atoms with Gasteiger partial charge in [-0.1, -0.05) is 81.0 Å². The van der Waals surface area contributed by atoms with Crippen LogP contribution >= 0.6 is 12.6 Å². The Kier molecular flexibility index (Phi) is 10.4. The van der Waals surface area contributed by atoms with Gasteiger partial charge < -0.3 is 4.74 Å². The summed E-state index contributed by atoms with van der Waals surface area (Å²) in [6.45, 7) is 0.426. The number of carbonyl (C=O) groups excluding carboxylic acids is 2. The molecule has 0 radical (unpaired) electrons. The van der Waals surface area contributed by atoms with Gasteiger partial charge in [-0.25, -0.2) is 4.79 Å². The lowest BCUT2D eigenvalue weighted by Crippen LogP contribution is -2.08. The maximum absolute atomic E-state index is 12.5. The molecule has 28 heavy (non-hydrogen) atoms. The first kappa shape index (κ1) is 22.2. The summed E-state index contributed by atoms with van der Waals surface area (Å²) in [5.41, 5.74) is 1.53. The molecular weight excluding hydrogens is 368 g/mol. The maximum Gasteiger partial charge on any atom is 0.338 e. The van der Waals surface area contributed by atoms with Crippen LogP contribution in [0.15, 0.2) is 54.6 Å². The smallest absolute Gasteiger partial charge is 0.338 e. The minimum absolute atomic E-state index is 0.0929. The second kappa shape index (κ2) is 13.2. The molecule has 0 heterocycles. The number of rotatable bonds is 13. The van der Waals surface area contributed by atoms with E-state index in [-0.39, 0.29) is 11.8 Å². The number of hydrogen-bond acceptors (Lipinski definition) is 4. The first-order valence-corrected chi connectivity index (χ1v) is 10.8. The van der Waals surface area contributed by atoms with Crippen molar-refractivity contribution in [1.29, 1.82) is 0 Å². The number of hydrogen-bond donors (Lipinski definition) is 1. The predicted octanol–water partition coefficient (Wildman–Crippen LogP) is 6.13. The molecule has 0 aromatic heterocycles. The van der Waals surface area contributed by atoms with E-state index in [1.807, 2.05) is 18.2 Å². The molecule has 0 atom stereocenters. The van der Waals surface area contributed by atoms with Crippen molar-refractivity contribution in [3.05, 3.63) is 71.3 Å². The van der Waals surface area contributed by atoms with Gasteiger partial charge in [-0.3, -0.25) is 4.79 Å². The summed E-state index contributed by atoms with van der Waals surface area (Å²) in [6.07, 6.45) is 9.41. The quantitative estimate of drug-likeness (QED) is 0.191. The topological polar surface area (TPSA) is 43.4 Å². The van der Waals surface area contributed by atoms with Crippen LogP contribution < -0.4 is 0 Å². The lowest BCUT2D eigenvalue weighted by molar-refractivity contribution is 0.0497. The van der Waals surface area contributed by atoms with Crippen LogP contribution in [-0.4, -0.2) is 24.1 Å². The molecule has 2 aromatic rings. The number of esters is 1. The number of unbranched alkanes of at least 4 members (excludes halogenated alkanes) is 7. The molecular formula is C24H30O3S. The molecule has 0 spiro atoms. The molecule has 2 rings (SSSR count). The summed E-state index contributed by atoms with van der Waals surface area (Å²) in [7, 11) is 0.